The van der Waals surface area contributed by atoms with E-state index in [1.54, 1.807) is 0 Å². The number of phosphoric acid groups is 2. The third-order valence-electron chi connectivity index (χ3n) is 15.0. The van der Waals surface area contributed by atoms with Gasteiger partial charge in [-0.15, -0.1) is 0 Å². The Morgan fingerprint density at radius 3 is 0.830 bits per heavy atom. The van der Waals surface area contributed by atoms with Crippen LogP contribution in [-0.2, 0) is 65.4 Å². The van der Waals surface area contributed by atoms with Crippen LogP contribution in [0.5, 0.6) is 0 Å². The molecular formula is C81H132O17P2. The summed E-state index contributed by atoms with van der Waals surface area (Å²) in [5.74, 6) is -2.30. The van der Waals surface area contributed by atoms with Crippen LogP contribution in [0.15, 0.2) is 158 Å². The van der Waals surface area contributed by atoms with Crippen molar-refractivity contribution in [1.29, 1.82) is 0 Å². The van der Waals surface area contributed by atoms with Crippen LogP contribution in [0.25, 0.3) is 0 Å². The highest BCUT2D eigenvalue weighted by atomic mass is 31.2. The van der Waals surface area contributed by atoms with Crippen LogP contribution in [-0.4, -0.2) is 96.7 Å². The van der Waals surface area contributed by atoms with E-state index in [1.807, 2.05) is 0 Å². The number of carbonyl (C=O) groups excluding carboxylic acids is 4. The Kier molecular flexibility index (Phi) is 68.2. The molecule has 0 aliphatic rings. The zero-order valence-electron chi connectivity index (χ0n) is 61.8. The van der Waals surface area contributed by atoms with Gasteiger partial charge in [0.15, 0.2) is 12.2 Å². The molecule has 0 saturated carbocycles. The Morgan fingerprint density at radius 2 is 0.520 bits per heavy atom. The highest BCUT2D eigenvalue weighted by molar-refractivity contribution is 7.47. The lowest BCUT2D eigenvalue weighted by Gasteiger charge is -2.21. The number of allylic oxidation sites excluding steroid dienone is 26. The van der Waals surface area contributed by atoms with Gasteiger partial charge < -0.3 is 33.8 Å². The highest BCUT2D eigenvalue weighted by Crippen LogP contribution is 2.45. The summed E-state index contributed by atoms with van der Waals surface area (Å²) in [6.07, 6.45) is 82.4. The van der Waals surface area contributed by atoms with Crippen LogP contribution in [0.3, 0.4) is 0 Å². The first-order valence-electron chi connectivity index (χ1n) is 37.7. The standard InChI is InChI=1S/C81H132O17P2/c1-5-9-13-17-21-25-29-32-35-37-40-43-47-50-54-58-62-66-79(84)92-72-77(98-81(86)68-64-60-56-52-48-44-41-38-36-33-30-26-22-18-14-10-6-2)74-96-100(89,90)94-70-75(82)69-93-99(87,88)95-73-76(97-80(85)67-63-59-55-51-45-28-24-20-16-12-8-4)71-91-78(83)65-61-57-53-49-46-42-39-34-31-27-23-19-15-11-7-3/h9-11,13-15,20-27,32-36,39-41,43-44,46,49,75-77,82H,5-8,12,16-19,28-31,37-38,42,45,47-48,50-74H2,1-4H3,(H,87,88)(H,89,90)/b13-9-,14-10-,15-11-,24-20-,25-21-,26-22-,27-23-,35-32-,36-33-,39-34-,43-40-,44-41-,49-46-. The third kappa shape index (κ3) is 71.1. The molecule has 3 N–H and O–H groups in total. The number of ether oxygens (including phenoxy) is 4. The second-order valence-corrected chi connectivity index (χ2v) is 27.3. The van der Waals surface area contributed by atoms with Gasteiger partial charge in [0.25, 0.3) is 0 Å². The molecule has 568 valence electrons. The fourth-order valence-corrected chi connectivity index (χ4v) is 10.9. The van der Waals surface area contributed by atoms with Crippen molar-refractivity contribution in [2.24, 2.45) is 0 Å². The number of aliphatic hydroxyl groups excluding tert-OH is 1. The number of aliphatic hydroxyl groups is 1. The quantitative estimate of drug-likeness (QED) is 0.0169. The van der Waals surface area contributed by atoms with Crippen LogP contribution in [0, 0.1) is 0 Å². The molecule has 5 atom stereocenters. The predicted molar refractivity (Wildman–Crippen MR) is 408 cm³/mol. The maximum Gasteiger partial charge on any atom is 0.472 e. The number of esters is 4. The molecule has 0 aliphatic heterocycles. The van der Waals surface area contributed by atoms with Crippen LogP contribution < -0.4 is 0 Å². The number of hydrogen-bond acceptors (Lipinski definition) is 15. The Labute approximate surface area is 604 Å². The summed E-state index contributed by atoms with van der Waals surface area (Å²) in [5.41, 5.74) is 0. The van der Waals surface area contributed by atoms with Crippen molar-refractivity contribution in [3.8, 4) is 0 Å². The molecule has 0 rings (SSSR count). The molecule has 17 nitrogen and oxygen atoms in total. The van der Waals surface area contributed by atoms with E-state index < -0.39 is 97.5 Å². The monoisotopic (exact) mass is 1440 g/mol. The number of hydrogen-bond donors (Lipinski definition) is 3. The van der Waals surface area contributed by atoms with E-state index in [9.17, 15) is 43.2 Å². The van der Waals surface area contributed by atoms with Gasteiger partial charge in [-0.2, -0.15) is 0 Å². The first kappa shape index (κ1) is 94.7. The maximum absolute atomic E-state index is 13.1. The molecule has 0 bridgehead atoms. The van der Waals surface area contributed by atoms with Crippen molar-refractivity contribution in [3.05, 3.63) is 158 Å². The molecule has 0 saturated heterocycles. The molecule has 100 heavy (non-hydrogen) atoms. The van der Waals surface area contributed by atoms with Crippen molar-refractivity contribution >= 4 is 39.5 Å². The molecule has 0 heterocycles. The number of carbonyl (C=O) groups is 4. The van der Waals surface area contributed by atoms with Crippen LogP contribution >= 0.6 is 15.6 Å². The lowest BCUT2D eigenvalue weighted by Crippen LogP contribution is -2.30. The molecule has 5 unspecified atom stereocenters. The van der Waals surface area contributed by atoms with Gasteiger partial charge in [0.1, 0.15) is 19.3 Å². The second-order valence-electron chi connectivity index (χ2n) is 24.4. The topological polar surface area (TPSA) is 237 Å². The Bertz CT molecular complexity index is 2520. The van der Waals surface area contributed by atoms with E-state index in [1.165, 1.54) is 12.8 Å². The van der Waals surface area contributed by atoms with Gasteiger partial charge in [-0.1, -0.05) is 243 Å². The lowest BCUT2D eigenvalue weighted by molar-refractivity contribution is -0.161. The van der Waals surface area contributed by atoms with Gasteiger partial charge in [-0.05, 0) is 161 Å². The molecule has 0 amide bonds. The van der Waals surface area contributed by atoms with Gasteiger partial charge >= 0.3 is 39.5 Å². The van der Waals surface area contributed by atoms with Gasteiger partial charge in [0, 0.05) is 25.7 Å². The Balaban J connectivity index is 5.44. The number of unbranched alkanes of at least 4 members (excludes halogenated alkanes) is 17. The summed E-state index contributed by atoms with van der Waals surface area (Å²) in [6.45, 7) is 4.35. The Morgan fingerprint density at radius 1 is 0.290 bits per heavy atom. The zero-order chi connectivity index (χ0) is 73.2. The summed E-state index contributed by atoms with van der Waals surface area (Å²) in [5, 5.41) is 10.6. The van der Waals surface area contributed by atoms with Crippen molar-refractivity contribution in [3.63, 3.8) is 0 Å². The molecule has 0 aromatic rings. The highest BCUT2D eigenvalue weighted by Gasteiger charge is 2.30. The molecule has 19 heteroatoms. The molecular weight excluding hydrogens is 1310 g/mol. The summed E-state index contributed by atoms with van der Waals surface area (Å²) < 4.78 is 68.3. The summed E-state index contributed by atoms with van der Waals surface area (Å²) in [4.78, 5) is 72.8. The van der Waals surface area contributed by atoms with E-state index in [0.717, 1.165) is 180 Å². The molecule has 0 aliphatic carbocycles. The van der Waals surface area contributed by atoms with E-state index in [0.29, 0.717) is 25.7 Å². The molecule has 0 fully saturated rings. The molecule has 0 aromatic heterocycles. The molecule has 0 radical (unpaired) electrons. The average Bonchev–Trinajstić information content (AvgIpc) is 1.00. The summed E-state index contributed by atoms with van der Waals surface area (Å²) >= 11 is 0. The minimum Gasteiger partial charge on any atom is -0.462 e. The smallest absolute Gasteiger partial charge is 0.462 e. The van der Waals surface area contributed by atoms with Crippen LogP contribution in [0.1, 0.15) is 272 Å². The lowest BCUT2D eigenvalue weighted by atomic mass is 10.1. The SMILES string of the molecule is CC/C=C\C/C=C\C/C=C\C/C=C\CCCCCCC(=O)OCC(COP(=O)(O)OCC(O)COP(=O)(O)OCC(COC(=O)CCCC/C=C\C/C=C\C/C=C\C/C=C\CC)OC(=O)CCCCCCC/C=C\CCCC)OC(=O)CCCCCC/C=C\C/C=C\C/C=C\C/C=C\CC. The predicted octanol–water partition coefficient (Wildman–Crippen LogP) is 21.7. The van der Waals surface area contributed by atoms with Crippen molar-refractivity contribution in [2.75, 3.05) is 39.6 Å². The van der Waals surface area contributed by atoms with Crippen molar-refractivity contribution < 1.29 is 80.2 Å². The van der Waals surface area contributed by atoms with E-state index in [-0.39, 0.29) is 25.7 Å². The summed E-state index contributed by atoms with van der Waals surface area (Å²) in [7, 11) is -9.99. The average molecular weight is 1440 g/mol. The van der Waals surface area contributed by atoms with Gasteiger partial charge in [-0.25, -0.2) is 9.13 Å². The fraction of sp³-hybridized carbons (Fsp3) is 0.630. The van der Waals surface area contributed by atoms with Crippen molar-refractivity contribution in [1.82, 2.24) is 0 Å². The van der Waals surface area contributed by atoms with Gasteiger partial charge in [0.05, 0.1) is 26.4 Å². The van der Waals surface area contributed by atoms with E-state index in [2.05, 4.69) is 186 Å². The first-order chi connectivity index (χ1) is 48.7. The number of phosphoric ester groups is 2. The van der Waals surface area contributed by atoms with Crippen molar-refractivity contribution in [2.45, 2.75) is 290 Å². The minimum absolute atomic E-state index is 0.0547. The zero-order valence-corrected chi connectivity index (χ0v) is 63.6. The third-order valence-corrected chi connectivity index (χ3v) is 16.9. The number of rotatable bonds is 69. The largest absolute Gasteiger partial charge is 0.472 e. The Hall–Kier alpha value is -5.32. The van der Waals surface area contributed by atoms with Gasteiger partial charge in [-0.3, -0.25) is 37.3 Å². The second kappa shape index (κ2) is 72.0. The molecule has 0 spiro atoms. The van der Waals surface area contributed by atoms with Crippen LogP contribution in [0.2, 0.25) is 0 Å². The van der Waals surface area contributed by atoms with Crippen LogP contribution in [0.4, 0.5) is 0 Å². The fourth-order valence-electron chi connectivity index (χ4n) is 9.29. The van der Waals surface area contributed by atoms with E-state index >= 15 is 0 Å². The first-order valence-corrected chi connectivity index (χ1v) is 40.7. The normalized spacial score (nSPS) is 14.8. The molecule has 0 aromatic carbocycles. The van der Waals surface area contributed by atoms with Gasteiger partial charge in [0.2, 0.25) is 0 Å². The minimum atomic E-state index is -5.00. The van der Waals surface area contributed by atoms with E-state index in [4.69, 9.17) is 37.0 Å². The summed E-state index contributed by atoms with van der Waals surface area (Å²) in [6, 6.07) is 0. The maximum atomic E-state index is 13.1.